The zero-order valence-corrected chi connectivity index (χ0v) is 41.0. The van der Waals surface area contributed by atoms with Crippen LogP contribution in [0.4, 0.5) is 0 Å². The molecule has 2 nitrogen and oxygen atoms in total. The first kappa shape index (κ1) is 43.5. The van der Waals surface area contributed by atoms with Crippen molar-refractivity contribution in [3.8, 4) is 22.3 Å². The summed E-state index contributed by atoms with van der Waals surface area (Å²) in [6.45, 7) is 24.9. The van der Waals surface area contributed by atoms with Crippen molar-refractivity contribution < 1.29 is 26.9 Å². The zero-order chi connectivity index (χ0) is 38.5. The van der Waals surface area contributed by atoms with Gasteiger partial charge in [-0.15, -0.1) is 24.8 Å². The molecule has 4 aromatic rings. The van der Waals surface area contributed by atoms with E-state index in [1.54, 1.807) is 22.3 Å². The number of halogens is 2. The number of allylic oxidation sites excluding steroid dienone is 2. The van der Waals surface area contributed by atoms with Crippen LogP contribution in [0.5, 0.6) is 0 Å². The summed E-state index contributed by atoms with van der Waals surface area (Å²) in [7, 11) is 0. The van der Waals surface area contributed by atoms with Gasteiger partial charge in [0, 0.05) is 0 Å². The molecule has 0 saturated carbocycles. The molecule has 2 aliphatic carbocycles. The van der Waals surface area contributed by atoms with Crippen molar-refractivity contribution in [1.29, 1.82) is 0 Å². The fourth-order valence-electron chi connectivity index (χ4n) is 10.9. The molecule has 2 fully saturated rings. The number of fused-ring (bicyclic) bond motifs is 2. The molecule has 2 atom stereocenters. The van der Waals surface area contributed by atoms with Gasteiger partial charge in [0.05, 0.1) is 0 Å². The molecule has 0 bridgehead atoms. The molecule has 0 spiro atoms. The normalized spacial score (nSPS) is 21.0. The van der Waals surface area contributed by atoms with Crippen LogP contribution in [-0.2, 0) is 37.7 Å². The first-order valence-corrected chi connectivity index (χ1v) is 34.0. The van der Waals surface area contributed by atoms with E-state index in [-0.39, 0.29) is 46.5 Å². The smallest absolute Gasteiger partial charge is 0.147 e. The van der Waals surface area contributed by atoms with Gasteiger partial charge in [-0.3, -0.25) is 0 Å². The Morgan fingerprint density at radius 1 is 0.554 bits per heavy atom. The minimum absolute atomic E-state index is 0. The third-order valence-electron chi connectivity index (χ3n) is 13.3. The summed E-state index contributed by atoms with van der Waals surface area (Å²) in [5.74, 6) is 0. The Hall–Kier alpha value is -2.04. The van der Waals surface area contributed by atoms with Gasteiger partial charge in [-0.1, -0.05) is 0 Å². The largest absolute Gasteiger partial charge is 0.147 e. The van der Waals surface area contributed by atoms with E-state index in [9.17, 15) is 0 Å². The molecule has 2 aliphatic heterocycles. The van der Waals surface area contributed by atoms with Crippen LogP contribution in [0.3, 0.4) is 0 Å². The Morgan fingerprint density at radius 2 is 0.893 bits per heavy atom. The second-order valence-electron chi connectivity index (χ2n) is 21.4. The van der Waals surface area contributed by atoms with E-state index >= 15 is 0 Å². The zero-order valence-electron chi connectivity index (χ0n) is 35.5. The van der Waals surface area contributed by atoms with Crippen LogP contribution in [0.15, 0.2) is 96.1 Å². The average Bonchev–Trinajstić information content (AvgIpc) is 3.65. The summed E-state index contributed by atoms with van der Waals surface area (Å²) >= 11 is -3.98. The Labute approximate surface area is 352 Å². The van der Waals surface area contributed by atoms with E-state index in [0.29, 0.717) is 7.25 Å². The number of hydrogen-bond donors (Lipinski definition) is 0. The van der Waals surface area contributed by atoms with Crippen LogP contribution in [0, 0.1) is 10.8 Å². The van der Waals surface area contributed by atoms with Gasteiger partial charge in [0.2, 0.25) is 0 Å². The topological polar surface area (TPSA) is 18.5 Å². The van der Waals surface area contributed by atoms with Gasteiger partial charge < -0.3 is 0 Å². The molecule has 0 aromatic heterocycles. The van der Waals surface area contributed by atoms with Gasteiger partial charge in [-0.2, -0.15) is 0 Å². The average molecular weight is 887 g/mol. The molecule has 4 aromatic carbocycles. The van der Waals surface area contributed by atoms with Crippen molar-refractivity contribution >= 4 is 43.8 Å². The molecule has 0 amide bonds. The fraction of sp³-hybridized carbons (Fsp3) is 0.440. The summed E-state index contributed by atoms with van der Waals surface area (Å²) < 4.78 is 18.4. The maximum Gasteiger partial charge on any atom is -0.147 e. The Morgan fingerprint density at radius 3 is 1.21 bits per heavy atom. The van der Waals surface area contributed by atoms with Crippen LogP contribution >= 0.6 is 24.8 Å². The molecular formula is C50H64Cl2O2SiZr. The molecule has 8 rings (SSSR count). The Bertz CT molecular complexity index is 2140. The van der Waals surface area contributed by atoms with Gasteiger partial charge in [-0.05, 0) is 0 Å². The summed E-state index contributed by atoms with van der Waals surface area (Å²) in [4.78, 5) is 0. The first-order chi connectivity index (χ1) is 25.3. The van der Waals surface area contributed by atoms with Gasteiger partial charge in [0.25, 0.3) is 0 Å². The van der Waals surface area contributed by atoms with E-state index in [4.69, 9.17) is 9.47 Å². The minimum atomic E-state index is -3.98. The van der Waals surface area contributed by atoms with Crippen LogP contribution in [0.1, 0.15) is 109 Å². The summed E-state index contributed by atoms with van der Waals surface area (Å²) in [5, 5.41) is 0. The van der Waals surface area contributed by atoms with E-state index in [1.807, 2.05) is 0 Å². The third kappa shape index (κ3) is 7.52. The monoisotopic (exact) mass is 884 g/mol. The van der Waals surface area contributed by atoms with E-state index in [2.05, 4.69) is 169 Å². The van der Waals surface area contributed by atoms with E-state index in [0.717, 1.165) is 39.3 Å². The molecule has 2 heterocycles. The summed E-state index contributed by atoms with van der Waals surface area (Å²) in [5.41, 5.74) is 18.2. The number of benzene rings is 4. The van der Waals surface area contributed by atoms with Crippen molar-refractivity contribution in [3.63, 3.8) is 0 Å². The predicted octanol–water partition coefficient (Wildman–Crippen LogP) is 13.2. The molecule has 56 heavy (non-hydrogen) atoms. The van der Waals surface area contributed by atoms with Crippen LogP contribution in [0.2, 0.25) is 9.26 Å². The van der Waals surface area contributed by atoms with Gasteiger partial charge in [0.15, 0.2) is 0 Å². The SMILES string of the molecule is CC1(CC2=Cc3c(-c4ccccc4C(C)(C)C)cccc3[CH]2[Zr]([CH3])([CH3])(=[SiH2])[CH]2C(CC3(C)COC3)=Cc3c(-c4ccccc4C(C)(C)C)cccc32)COC1.Cl.Cl. The first-order valence-electron chi connectivity index (χ1n) is 20.4. The van der Waals surface area contributed by atoms with Gasteiger partial charge in [0.1, 0.15) is 0 Å². The van der Waals surface area contributed by atoms with Crippen molar-refractivity contribution in [2.45, 2.75) is 95.6 Å². The van der Waals surface area contributed by atoms with Crippen molar-refractivity contribution in [2.24, 2.45) is 10.8 Å². The summed E-state index contributed by atoms with van der Waals surface area (Å²) in [6.07, 6.45) is 7.53. The standard InChI is InChI=1S/2C24H27O.2CH3.2ClH.H2Si.Zr/c2*1-23(2,3)22-11-6-5-9-20(22)19-10-7-8-18-12-17(13-21(18)19)14-24(4)15-25-16-24;;;;;;/h2*5-13H,14-16H2,1-4H3;2*1H3;2*1H;1H2;. The van der Waals surface area contributed by atoms with Gasteiger partial charge in [-0.25, -0.2) is 0 Å². The molecule has 2 unspecified atom stereocenters. The third-order valence-corrected chi connectivity index (χ3v) is 30.8. The van der Waals surface area contributed by atoms with Crippen molar-refractivity contribution in [2.75, 3.05) is 26.4 Å². The van der Waals surface area contributed by atoms with Crippen LogP contribution in [0.25, 0.3) is 34.4 Å². The Balaban J connectivity index is 0.00000266. The van der Waals surface area contributed by atoms with Crippen molar-refractivity contribution in [3.05, 3.63) is 129 Å². The maximum atomic E-state index is 5.91. The summed E-state index contributed by atoms with van der Waals surface area (Å²) in [6, 6.07) is 32.8. The number of rotatable bonds is 8. The maximum absolute atomic E-state index is 5.91. The molecule has 0 radical (unpaired) electrons. The molecule has 4 aliphatic rings. The van der Waals surface area contributed by atoms with E-state index < -0.39 is 17.4 Å². The van der Waals surface area contributed by atoms with Crippen LogP contribution < -0.4 is 0 Å². The molecule has 6 heteroatoms. The quantitative estimate of drug-likeness (QED) is 0.164. The second kappa shape index (κ2) is 14.9. The number of hydrogen-bond acceptors (Lipinski definition) is 2. The van der Waals surface area contributed by atoms with E-state index in [1.165, 1.54) is 44.5 Å². The minimum Gasteiger partial charge on any atom is -0.147 e. The molecular weight excluding hydrogens is 823 g/mol. The predicted molar refractivity (Wildman–Crippen MR) is 244 cm³/mol. The fourth-order valence-corrected chi connectivity index (χ4v) is 30.6. The molecule has 298 valence electrons. The molecule has 2 saturated heterocycles. The second-order valence-corrected chi connectivity index (χ2v) is 51.9. The Kier molecular flexibility index (Phi) is 11.6. The molecule has 0 N–H and O–H groups in total. The van der Waals surface area contributed by atoms with Crippen molar-refractivity contribution in [1.82, 2.24) is 0 Å². The van der Waals surface area contributed by atoms with Gasteiger partial charge >= 0.3 is 330 Å². The number of ether oxygens (including phenoxy) is 2. The van der Waals surface area contributed by atoms with Crippen LogP contribution in [-0.4, -0.2) is 33.3 Å².